The van der Waals surface area contributed by atoms with E-state index in [-0.39, 0.29) is 17.4 Å². The number of hydrogen-bond acceptors (Lipinski definition) is 4. The smallest absolute Gasteiger partial charge is 0.326 e. The van der Waals surface area contributed by atoms with E-state index in [9.17, 15) is 9.59 Å². The number of carboxylic acids is 1. The van der Waals surface area contributed by atoms with Crippen molar-refractivity contribution in [2.75, 3.05) is 5.32 Å². The number of rotatable bonds is 5. The fraction of sp³-hybridized carbons (Fsp3) is 0.545. The Morgan fingerprint density at radius 2 is 2.24 bits per heavy atom. The highest BCUT2D eigenvalue weighted by Crippen LogP contribution is 2.04. The van der Waals surface area contributed by atoms with E-state index < -0.39 is 12.0 Å². The van der Waals surface area contributed by atoms with Gasteiger partial charge in [-0.25, -0.2) is 9.78 Å². The Labute approximate surface area is 99.3 Å². The topological polar surface area (TPSA) is 84.2 Å². The monoisotopic (exact) mass is 239 g/mol. The van der Waals surface area contributed by atoms with Crippen molar-refractivity contribution >= 4 is 11.8 Å². The van der Waals surface area contributed by atoms with Gasteiger partial charge in [0.15, 0.2) is 5.82 Å². The SMILES string of the molecule is CCC(Nc1nccn(C(C)C)c1=O)C(=O)O. The van der Waals surface area contributed by atoms with Gasteiger partial charge in [0.05, 0.1) is 0 Å². The molecule has 1 unspecified atom stereocenters. The first kappa shape index (κ1) is 13.2. The van der Waals surface area contributed by atoms with Crippen LogP contribution in [0.2, 0.25) is 0 Å². The zero-order valence-electron chi connectivity index (χ0n) is 10.2. The van der Waals surface area contributed by atoms with E-state index in [1.807, 2.05) is 13.8 Å². The zero-order valence-corrected chi connectivity index (χ0v) is 10.2. The van der Waals surface area contributed by atoms with Crippen molar-refractivity contribution in [1.29, 1.82) is 0 Å². The Hall–Kier alpha value is -1.85. The van der Waals surface area contributed by atoms with E-state index in [4.69, 9.17) is 5.11 Å². The Morgan fingerprint density at radius 1 is 1.59 bits per heavy atom. The molecule has 6 nitrogen and oxygen atoms in total. The van der Waals surface area contributed by atoms with Crippen LogP contribution >= 0.6 is 0 Å². The van der Waals surface area contributed by atoms with Gasteiger partial charge in [0.1, 0.15) is 6.04 Å². The van der Waals surface area contributed by atoms with Gasteiger partial charge in [0, 0.05) is 18.4 Å². The predicted octanol–water partition coefficient (Wildman–Crippen LogP) is 1.10. The molecule has 0 spiro atoms. The molecule has 0 aliphatic carbocycles. The molecule has 1 atom stereocenters. The van der Waals surface area contributed by atoms with E-state index >= 15 is 0 Å². The van der Waals surface area contributed by atoms with Gasteiger partial charge in [0.25, 0.3) is 5.56 Å². The summed E-state index contributed by atoms with van der Waals surface area (Å²) in [5.41, 5.74) is -0.304. The van der Waals surface area contributed by atoms with E-state index in [1.165, 1.54) is 10.8 Å². The van der Waals surface area contributed by atoms with Gasteiger partial charge in [-0.15, -0.1) is 0 Å². The highest BCUT2D eigenvalue weighted by atomic mass is 16.4. The van der Waals surface area contributed by atoms with Crippen LogP contribution in [0.3, 0.4) is 0 Å². The number of hydrogen-bond donors (Lipinski definition) is 2. The van der Waals surface area contributed by atoms with Crippen molar-refractivity contribution in [2.45, 2.75) is 39.3 Å². The van der Waals surface area contributed by atoms with Crippen LogP contribution in [0.15, 0.2) is 17.2 Å². The van der Waals surface area contributed by atoms with Crippen LogP contribution in [0, 0.1) is 0 Å². The molecule has 1 rings (SSSR count). The summed E-state index contributed by atoms with van der Waals surface area (Å²) in [6.45, 7) is 5.48. The number of carboxylic acid groups (broad SMARTS) is 1. The van der Waals surface area contributed by atoms with Crippen LogP contribution in [-0.2, 0) is 4.79 Å². The average Bonchev–Trinajstić information content (AvgIpc) is 2.26. The molecule has 0 saturated carbocycles. The van der Waals surface area contributed by atoms with Gasteiger partial charge in [-0.2, -0.15) is 0 Å². The Bertz CT molecular complexity index is 454. The third-order valence-electron chi connectivity index (χ3n) is 2.44. The van der Waals surface area contributed by atoms with Crippen LogP contribution in [0.5, 0.6) is 0 Å². The normalized spacial score (nSPS) is 12.5. The molecular formula is C11H17N3O3. The fourth-order valence-corrected chi connectivity index (χ4v) is 1.43. The molecule has 1 aromatic rings. The average molecular weight is 239 g/mol. The molecular weight excluding hydrogens is 222 g/mol. The Kier molecular flexibility index (Phi) is 4.25. The second kappa shape index (κ2) is 5.47. The largest absolute Gasteiger partial charge is 0.480 e. The molecule has 1 aromatic heterocycles. The summed E-state index contributed by atoms with van der Waals surface area (Å²) < 4.78 is 1.50. The zero-order chi connectivity index (χ0) is 13.0. The minimum absolute atomic E-state index is 0.0101. The second-order valence-corrected chi connectivity index (χ2v) is 4.03. The summed E-state index contributed by atoms with van der Waals surface area (Å²) in [6.07, 6.45) is 3.45. The lowest BCUT2D eigenvalue weighted by atomic mass is 10.2. The van der Waals surface area contributed by atoms with E-state index in [2.05, 4.69) is 10.3 Å². The lowest BCUT2D eigenvalue weighted by Crippen LogP contribution is -2.34. The van der Waals surface area contributed by atoms with E-state index in [1.54, 1.807) is 13.1 Å². The van der Waals surface area contributed by atoms with Crippen molar-refractivity contribution in [3.63, 3.8) is 0 Å². The molecule has 0 amide bonds. The lowest BCUT2D eigenvalue weighted by Gasteiger charge is -2.15. The first-order chi connectivity index (χ1) is 7.97. The second-order valence-electron chi connectivity index (χ2n) is 4.03. The molecule has 17 heavy (non-hydrogen) atoms. The molecule has 2 N–H and O–H groups in total. The molecule has 0 aromatic carbocycles. The van der Waals surface area contributed by atoms with Gasteiger partial charge in [-0.3, -0.25) is 4.79 Å². The lowest BCUT2D eigenvalue weighted by molar-refractivity contribution is -0.137. The molecule has 0 radical (unpaired) electrons. The molecule has 1 heterocycles. The Balaban J connectivity index is 3.03. The number of aliphatic carboxylic acids is 1. The van der Waals surface area contributed by atoms with Crippen molar-refractivity contribution in [3.8, 4) is 0 Å². The van der Waals surface area contributed by atoms with Crippen molar-refractivity contribution in [2.24, 2.45) is 0 Å². The number of anilines is 1. The predicted molar refractivity (Wildman–Crippen MR) is 64.2 cm³/mol. The molecule has 94 valence electrons. The van der Waals surface area contributed by atoms with E-state index in [0.717, 1.165) is 0 Å². The highest BCUT2D eigenvalue weighted by Gasteiger charge is 2.17. The fourth-order valence-electron chi connectivity index (χ4n) is 1.43. The summed E-state index contributed by atoms with van der Waals surface area (Å²) in [4.78, 5) is 26.7. The summed E-state index contributed by atoms with van der Waals surface area (Å²) in [5, 5.41) is 11.6. The highest BCUT2D eigenvalue weighted by molar-refractivity contribution is 5.76. The summed E-state index contributed by atoms with van der Waals surface area (Å²) in [6, 6.07) is -0.783. The third kappa shape index (κ3) is 3.05. The quantitative estimate of drug-likeness (QED) is 0.803. The maximum Gasteiger partial charge on any atom is 0.326 e. The van der Waals surface area contributed by atoms with E-state index in [0.29, 0.717) is 6.42 Å². The summed E-state index contributed by atoms with van der Waals surface area (Å²) in [7, 11) is 0. The maximum absolute atomic E-state index is 11.9. The molecule has 0 bridgehead atoms. The molecule has 0 fully saturated rings. The minimum atomic E-state index is -0.992. The van der Waals surface area contributed by atoms with Gasteiger partial charge in [-0.05, 0) is 20.3 Å². The first-order valence-electron chi connectivity index (χ1n) is 5.53. The van der Waals surface area contributed by atoms with Crippen LogP contribution in [0.4, 0.5) is 5.82 Å². The van der Waals surface area contributed by atoms with Crippen LogP contribution in [-0.4, -0.2) is 26.7 Å². The van der Waals surface area contributed by atoms with Gasteiger partial charge in [0.2, 0.25) is 0 Å². The van der Waals surface area contributed by atoms with Crippen LogP contribution < -0.4 is 10.9 Å². The number of aromatic nitrogens is 2. The third-order valence-corrected chi connectivity index (χ3v) is 2.44. The van der Waals surface area contributed by atoms with Gasteiger partial charge < -0.3 is 15.0 Å². The van der Waals surface area contributed by atoms with Crippen molar-refractivity contribution < 1.29 is 9.90 Å². The first-order valence-corrected chi connectivity index (χ1v) is 5.53. The van der Waals surface area contributed by atoms with Crippen LogP contribution in [0.25, 0.3) is 0 Å². The Morgan fingerprint density at radius 3 is 2.71 bits per heavy atom. The number of nitrogens with one attached hydrogen (secondary N) is 1. The number of nitrogens with zero attached hydrogens (tertiary/aromatic N) is 2. The molecule has 0 aliphatic heterocycles. The van der Waals surface area contributed by atoms with Crippen molar-refractivity contribution in [3.05, 3.63) is 22.7 Å². The van der Waals surface area contributed by atoms with Gasteiger partial charge >= 0.3 is 5.97 Å². The molecule has 0 aliphatic rings. The number of carbonyl (C=O) groups is 1. The van der Waals surface area contributed by atoms with Gasteiger partial charge in [-0.1, -0.05) is 6.92 Å². The summed E-state index contributed by atoms with van der Waals surface area (Å²) >= 11 is 0. The summed E-state index contributed by atoms with van der Waals surface area (Å²) in [5.74, 6) is -0.913. The molecule has 0 saturated heterocycles. The molecule has 6 heteroatoms. The minimum Gasteiger partial charge on any atom is -0.480 e. The standard InChI is InChI=1S/C11H17N3O3/c1-4-8(11(16)17)13-9-10(15)14(7(2)3)6-5-12-9/h5-8H,4H2,1-3H3,(H,12,13)(H,16,17). The van der Waals surface area contributed by atoms with Crippen molar-refractivity contribution in [1.82, 2.24) is 9.55 Å². The van der Waals surface area contributed by atoms with Crippen LogP contribution in [0.1, 0.15) is 33.2 Å². The maximum atomic E-state index is 11.9.